The molecule has 1 N–H and O–H groups in total. The van der Waals surface area contributed by atoms with Crippen LogP contribution in [0.25, 0.3) is 0 Å². The van der Waals surface area contributed by atoms with Crippen LogP contribution in [0.4, 0.5) is 8.78 Å². The fourth-order valence-corrected chi connectivity index (χ4v) is 1.27. The highest BCUT2D eigenvalue weighted by Gasteiger charge is 2.01. The van der Waals surface area contributed by atoms with E-state index in [0.29, 0.717) is 38.5 Å². The van der Waals surface area contributed by atoms with E-state index in [4.69, 9.17) is 9.47 Å². The highest BCUT2D eigenvalue weighted by molar-refractivity contribution is 5.17. The summed E-state index contributed by atoms with van der Waals surface area (Å²) in [6.45, 7) is 2.84. The van der Waals surface area contributed by atoms with Crippen LogP contribution < -0.4 is 5.32 Å². The number of benzene rings is 1. The van der Waals surface area contributed by atoms with Gasteiger partial charge in [-0.2, -0.15) is 0 Å². The molecule has 0 spiro atoms. The minimum Gasteiger partial charge on any atom is -0.382 e. The number of halogens is 2. The summed E-state index contributed by atoms with van der Waals surface area (Å²) in [6, 6.07) is 3.87. The molecule has 0 amide bonds. The molecule has 0 bridgehead atoms. The third-order valence-electron chi connectivity index (χ3n) is 2.17. The Morgan fingerprint density at radius 3 is 2.65 bits per heavy atom. The molecule has 0 aliphatic rings. The zero-order valence-corrected chi connectivity index (χ0v) is 9.84. The largest absolute Gasteiger partial charge is 0.382 e. The number of ether oxygens (including phenoxy) is 2. The quantitative estimate of drug-likeness (QED) is 0.707. The van der Waals surface area contributed by atoms with Crippen molar-refractivity contribution in [3.8, 4) is 0 Å². The summed E-state index contributed by atoms with van der Waals surface area (Å²) in [4.78, 5) is 0. The number of hydrogen-bond donors (Lipinski definition) is 1. The topological polar surface area (TPSA) is 30.5 Å². The van der Waals surface area contributed by atoms with Crippen molar-refractivity contribution in [2.24, 2.45) is 0 Å². The normalized spacial score (nSPS) is 10.8. The predicted octanol–water partition coefficient (Wildman–Crippen LogP) is 1.72. The first-order chi connectivity index (χ1) is 8.24. The van der Waals surface area contributed by atoms with E-state index >= 15 is 0 Å². The molecule has 96 valence electrons. The lowest BCUT2D eigenvalue weighted by atomic mass is 10.2. The molecule has 1 rings (SSSR count). The van der Waals surface area contributed by atoms with E-state index in [2.05, 4.69) is 5.32 Å². The number of rotatable bonds is 8. The molecule has 0 aromatic heterocycles. The van der Waals surface area contributed by atoms with Crippen LogP contribution in [0.3, 0.4) is 0 Å². The molecule has 1 aromatic carbocycles. The van der Waals surface area contributed by atoms with Crippen LogP contribution in [-0.4, -0.2) is 33.5 Å². The SMILES string of the molecule is COCCOCCNCc1ccc(F)c(F)c1. The zero-order chi connectivity index (χ0) is 12.5. The van der Waals surface area contributed by atoms with Gasteiger partial charge in [-0.25, -0.2) is 8.78 Å². The highest BCUT2D eigenvalue weighted by Crippen LogP contribution is 2.08. The van der Waals surface area contributed by atoms with E-state index in [9.17, 15) is 8.78 Å². The Morgan fingerprint density at radius 2 is 1.94 bits per heavy atom. The van der Waals surface area contributed by atoms with Crippen LogP contribution in [0.1, 0.15) is 5.56 Å². The molecule has 0 atom stereocenters. The van der Waals surface area contributed by atoms with Gasteiger partial charge in [0.05, 0.1) is 19.8 Å². The first kappa shape index (κ1) is 14.0. The van der Waals surface area contributed by atoms with Gasteiger partial charge in [-0.1, -0.05) is 6.07 Å². The lowest BCUT2D eigenvalue weighted by molar-refractivity contribution is 0.0719. The summed E-state index contributed by atoms with van der Waals surface area (Å²) < 4.78 is 35.5. The monoisotopic (exact) mass is 245 g/mol. The second-order valence-corrected chi connectivity index (χ2v) is 3.53. The maximum Gasteiger partial charge on any atom is 0.159 e. The van der Waals surface area contributed by atoms with Crippen molar-refractivity contribution in [3.63, 3.8) is 0 Å². The van der Waals surface area contributed by atoms with Crippen molar-refractivity contribution in [2.75, 3.05) is 33.5 Å². The number of methoxy groups -OCH3 is 1. The first-order valence-corrected chi connectivity index (χ1v) is 5.45. The average molecular weight is 245 g/mol. The van der Waals surface area contributed by atoms with E-state index < -0.39 is 11.6 Å². The Balaban J connectivity index is 2.11. The van der Waals surface area contributed by atoms with E-state index in [0.717, 1.165) is 6.07 Å². The molecular weight excluding hydrogens is 228 g/mol. The van der Waals surface area contributed by atoms with Crippen LogP contribution in [0.5, 0.6) is 0 Å². The molecule has 0 saturated carbocycles. The molecule has 0 saturated heterocycles. The minimum atomic E-state index is -0.823. The molecule has 0 radical (unpaired) electrons. The maximum absolute atomic E-state index is 12.9. The fourth-order valence-electron chi connectivity index (χ4n) is 1.27. The van der Waals surface area contributed by atoms with Gasteiger partial charge in [0.25, 0.3) is 0 Å². The van der Waals surface area contributed by atoms with Gasteiger partial charge < -0.3 is 14.8 Å². The van der Waals surface area contributed by atoms with E-state index in [1.807, 2.05) is 0 Å². The van der Waals surface area contributed by atoms with Crippen LogP contribution in [0.15, 0.2) is 18.2 Å². The van der Waals surface area contributed by atoms with Crippen molar-refractivity contribution in [3.05, 3.63) is 35.4 Å². The predicted molar refractivity (Wildman–Crippen MR) is 60.8 cm³/mol. The zero-order valence-electron chi connectivity index (χ0n) is 9.84. The Kier molecular flexibility index (Phi) is 6.69. The fraction of sp³-hybridized carbons (Fsp3) is 0.500. The molecule has 0 unspecified atom stereocenters. The standard InChI is InChI=1S/C12H17F2NO2/c1-16-6-7-17-5-4-15-9-10-2-3-11(13)12(14)8-10/h2-3,8,15H,4-7,9H2,1H3. The van der Waals surface area contributed by atoms with E-state index in [-0.39, 0.29) is 0 Å². The second kappa shape index (κ2) is 8.11. The number of hydrogen-bond acceptors (Lipinski definition) is 3. The van der Waals surface area contributed by atoms with Crippen molar-refractivity contribution in [1.29, 1.82) is 0 Å². The van der Waals surface area contributed by atoms with Crippen LogP contribution in [0, 0.1) is 11.6 Å². The minimum absolute atomic E-state index is 0.491. The molecule has 17 heavy (non-hydrogen) atoms. The number of nitrogens with one attached hydrogen (secondary N) is 1. The molecule has 5 heteroatoms. The summed E-state index contributed by atoms with van der Waals surface area (Å²) in [6.07, 6.45) is 0. The maximum atomic E-state index is 12.9. The third-order valence-corrected chi connectivity index (χ3v) is 2.17. The van der Waals surface area contributed by atoms with E-state index in [1.54, 1.807) is 13.2 Å². The van der Waals surface area contributed by atoms with Crippen LogP contribution in [-0.2, 0) is 16.0 Å². The smallest absolute Gasteiger partial charge is 0.159 e. The average Bonchev–Trinajstić information content (AvgIpc) is 2.32. The summed E-state index contributed by atoms with van der Waals surface area (Å²) >= 11 is 0. The lowest BCUT2D eigenvalue weighted by Gasteiger charge is -2.06. The van der Waals surface area contributed by atoms with Gasteiger partial charge in [-0.3, -0.25) is 0 Å². The van der Waals surface area contributed by atoms with Gasteiger partial charge in [0.2, 0.25) is 0 Å². The van der Waals surface area contributed by atoms with Gasteiger partial charge in [0.1, 0.15) is 0 Å². The molecule has 0 heterocycles. The summed E-state index contributed by atoms with van der Waals surface area (Å²) in [5, 5.41) is 3.07. The second-order valence-electron chi connectivity index (χ2n) is 3.53. The van der Waals surface area contributed by atoms with Crippen molar-refractivity contribution < 1.29 is 18.3 Å². The first-order valence-electron chi connectivity index (χ1n) is 5.45. The van der Waals surface area contributed by atoms with Gasteiger partial charge >= 0.3 is 0 Å². The Labute approximate surface area is 99.7 Å². The lowest BCUT2D eigenvalue weighted by Crippen LogP contribution is -2.20. The van der Waals surface area contributed by atoms with Crippen LogP contribution >= 0.6 is 0 Å². The van der Waals surface area contributed by atoms with Crippen molar-refractivity contribution in [1.82, 2.24) is 5.32 Å². The van der Waals surface area contributed by atoms with Gasteiger partial charge in [-0.05, 0) is 17.7 Å². The molecule has 0 fully saturated rings. The molecular formula is C12H17F2NO2. The van der Waals surface area contributed by atoms with Gasteiger partial charge in [0, 0.05) is 20.2 Å². The summed E-state index contributed by atoms with van der Waals surface area (Å²) in [5.74, 6) is -1.64. The summed E-state index contributed by atoms with van der Waals surface area (Å²) in [5.41, 5.74) is 0.709. The van der Waals surface area contributed by atoms with Crippen LogP contribution in [0.2, 0.25) is 0 Å². The summed E-state index contributed by atoms with van der Waals surface area (Å²) in [7, 11) is 1.62. The molecule has 3 nitrogen and oxygen atoms in total. The van der Waals surface area contributed by atoms with Gasteiger partial charge in [-0.15, -0.1) is 0 Å². The third kappa shape index (κ3) is 5.72. The molecule has 0 aliphatic carbocycles. The Hall–Kier alpha value is -1.04. The Morgan fingerprint density at radius 1 is 1.12 bits per heavy atom. The molecule has 1 aromatic rings. The van der Waals surface area contributed by atoms with Crippen molar-refractivity contribution >= 4 is 0 Å². The van der Waals surface area contributed by atoms with Gasteiger partial charge in [0.15, 0.2) is 11.6 Å². The Bertz CT molecular complexity index is 334. The van der Waals surface area contributed by atoms with Crippen molar-refractivity contribution in [2.45, 2.75) is 6.54 Å². The highest BCUT2D eigenvalue weighted by atomic mass is 19.2. The van der Waals surface area contributed by atoms with E-state index in [1.165, 1.54) is 6.07 Å². The molecule has 0 aliphatic heterocycles.